The summed E-state index contributed by atoms with van der Waals surface area (Å²) in [6.45, 7) is 0.916. The molecule has 1 saturated heterocycles. The smallest absolute Gasteiger partial charge is 0.253 e. The summed E-state index contributed by atoms with van der Waals surface area (Å²) >= 11 is 0. The average Bonchev–Trinajstić information content (AvgIpc) is 3.49. The predicted molar refractivity (Wildman–Crippen MR) is 102 cm³/mol. The summed E-state index contributed by atoms with van der Waals surface area (Å²) in [5, 5.41) is 0. The van der Waals surface area contributed by atoms with Gasteiger partial charge in [0, 0.05) is 30.6 Å². The molecule has 140 valence electrons. The van der Waals surface area contributed by atoms with Gasteiger partial charge in [0.1, 0.15) is 12.1 Å². The number of carbonyl (C=O) groups is 2. The molecule has 2 aromatic carbocycles. The van der Waals surface area contributed by atoms with Gasteiger partial charge in [-0.2, -0.15) is 0 Å². The van der Waals surface area contributed by atoms with E-state index in [2.05, 4.69) is 0 Å². The van der Waals surface area contributed by atoms with Crippen molar-refractivity contribution in [2.45, 2.75) is 37.1 Å². The number of likely N-dealkylation sites (tertiary alicyclic amines) is 1. The van der Waals surface area contributed by atoms with E-state index >= 15 is 0 Å². The van der Waals surface area contributed by atoms with Crippen LogP contribution in [0.2, 0.25) is 0 Å². The van der Waals surface area contributed by atoms with Gasteiger partial charge in [-0.15, -0.1) is 0 Å². The number of carbonyl (C=O) groups excluding carboxylic acids is 2. The third-order valence-corrected chi connectivity index (χ3v) is 5.54. The topological polar surface area (TPSA) is 63.4 Å². The second-order valence-electron chi connectivity index (χ2n) is 7.82. The zero-order valence-electron chi connectivity index (χ0n) is 15.2. The quantitative estimate of drug-likeness (QED) is 0.796. The monoisotopic (exact) mass is 366 g/mol. The van der Waals surface area contributed by atoms with Crippen LogP contribution in [0.1, 0.15) is 47.5 Å². The molecule has 0 spiro atoms. The number of aldehydes is 1. The van der Waals surface area contributed by atoms with Crippen molar-refractivity contribution >= 4 is 12.2 Å². The number of amides is 1. The molecule has 1 amide bonds. The van der Waals surface area contributed by atoms with Crippen molar-refractivity contribution in [3.63, 3.8) is 0 Å². The van der Waals surface area contributed by atoms with Crippen molar-refractivity contribution in [3.05, 3.63) is 59.4 Å². The molecule has 1 aliphatic heterocycles. The van der Waals surface area contributed by atoms with Gasteiger partial charge in [-0.1, -0.05) is 18.2 Å². The van der Waals surface area contributed by atoms with Crippen molar-refractivity contribution in [2.75, 3.05) is 13.1 Å². The van der Waals surface area contributed by atoms with Gasteiger partial charge >= 0.3 is 0 Å². The lowest BCUT2D eigenvalue weighted by Crippen LogP contribution is -2.68. The number of rotatable bonds is 6. The maximum atomic E-state index is 14.3. The van der Waals surface area contributed by atoms with Gasteiger partial charge in [0.05, 0.1) is 5.54 Å². The Morgan fingerprint density at radius 3 is 2.52 bits per heavy atom. The van der Waals surface area contributed by atoms with E-state index in [1.807, 2.05) is 12.1 Å². The predicted octanol–water partition coefficient (Wildman–Crippen LogP) is 3.50. The highest BCUT2D eigenvalue weighted by Gasteiger charge is 2.41. The number of hydrogen-bond donors (Lipinski definition) is 1. The molecule has 5 heteroatoms. The van der Waals surface area contributed by atoms with E-state index in [1.54, 1.807) is 29.2 Å². The van der Waals surface area contributed by atoms with Crippen LogP contribution in [-0.2, 0) is 4.79 Å². The highest BCUT2D eigenvalue weighted by molar-refractivity contribution is 5.95. The summed E-state index contributed by atoms with van der Waals surface area (Å²) in [6, 6.07) is 12.4. The Hall–Kier alpha value is -2.53. The zero-order chi connectivity index (χ0) is 19.0. The van der Waals surface area contributed by atoms with Crippen molar-refractivity contribution < 1.29 is 14.0 Å². The first kappa shape index (κ1) is 17.9. The highest BCUT2D eigenvalue weighted by Crippen LogP contribution is 2.41. The Kier molecular flexibility index (Phi) is 4.56. The zero-order valence-corrected chi connectivity index (χ0v) is 15.2. The van der Waals surface area contributed by atoms with Crippen LogP contribution in [0.15, 0.2) is 42.5 Å². The molecule has 2 aromatic rings. The first-order valence-electron chi connectivity index (χ1n) is 9.41. The van der Waals surface area contributed by atoms with E-state index in [4.69, 9.17) is 5.73 Å². The Morgan fingerprint density at radius 1 is 1.19 bits per heavy atom. The number of benzene rings is 2. The van der Waals surface area contributed by atoms with Crippen LogP contribution in [0.25, 0.3) is 11.1 Å². The molecule has 1 heterocycles. The molecule has 0 unspecified atom stereocenters. The molecule has 0 atom stereocenters. The van der Waals surface area contributed by atoms with E-state index in [1.165, 1.54) is 24.5 Å². The van der Waals surface area contributed by atoms with Gasteiger partial charge < -0.3 is 15.4 Å². The largest absolute Gasteiger partial charge is 0.335 e. The average molecular weight is 366 g/mol. The molecular formula is C22H23FN2O2. The minimum atomic E-state index is -0.455. The molecule has 2 fully saturated rings. The summed E-state index contributed by atoms with van der Waals surface area (Å²) in [5.41, 5.74) is 8.81. The lowest BCUT2D eigenvalue weighted by molar-refractivity contribution is -0.108. The van der Waals surface area contributed by atoms with Gasteiger partial charge in [-0.05, 0) is 60.6 Å². The van der Waals surface area contributed by atoms with E-state index in [0.717, 1.165) is 11.8 Å². The molecule has 27 heavy (non-hydrogen) atoms. The van der Waals surface area contributed by atoms with Crippen molar-refractivity contribution in [2.24, 2.45) is 5.73 Å². The Balaban J connectivity index is 1.46. The molecule has 2 aliphatic rings. The summed E-state index contributed by atoms with van der Waals surface area (Å²) in [6.07, 6.45) is 4.21. The third-order valence-electron chi connectivity index (χ3n) is 5.54. The number of nitrogens with two attached hydrogens (primary N) is 1. The van der Waals surface area contributed by atoms with Gasteiger partial charge in [0.25, 0.3) is 5.91 Å². The summed E-state index contributed by atoms with van der Waals surface area (Å²) < 4.78 is 14.3. The molecule has 1 aliphatic carbocycles. The van der Waals surface area contributed by atoms with Crippen molar-refractivity contribution in [1.29, 1.82) is 0 Å². The van der Waals surface area contributed by atoms with Crippen LogP contribution < -0.4 is 5.73 Å². The third kappa shape index (κ3) is 3.65. The molecule has 2 N–H and O–H groups in total. The Bertz CT molecular complexity index is 868. The Labute approximate surface area is 158 Å². The van der Waals surface area contributed by atoms with Gasteiger partial charge in [0.2, 0.25) is 0 Å². The summed E-state index contributed by atoms with van der Waals surface area (Å²) in [4.78, 5) is 24.8. The molecule has 0 radical (unpaired) electrons. The standard InChI is InChI=1S/C22H23FN2O2/c23-20-9-8-18(15-2-3-15)12-19(20)16-4-6-17(7-5-16)21(27)25-13-22(24,14-25)10-1-11-26/h4-9,11-12,15H,1-3,10,13-14,24H2. The normalized spacial score (nSPS) is 18.1. The van der Waals surface area contributed by atoms with Crippen LogP contribution in [0.4, 0.5) is 4.39 Å². The summed E-state index contributed by atoms with van der Waals surface area (Å²) in [7, 11) is 0. The van der Waals surface area contributed by atoms with E-state index in [0.29, 0.717) is 43.0 Å². The molecule has 4 rings (SSSR count). The second kappa shape index (κ2) is 6.89. The van der Waals surface area contributed by atoms with Crippen molar-refractivity contribution in [3.8, 4) is 11.1 Å². The van der Waals surface area contributed by atoms with Crippen molar-refractivity contribution in [1.82, 2.24) is 4.90 Å². The maximum Gasteiger partial charge on any atom is 0.253 e. The lowest BCUT2D eigenvalue weighted by Gasteiger charge is -2.47. The van der Waals surface area contributed by atoms with E-state index in [-0.39, 0.29) is 11.7 Å². The van der Waals surface area contributed by atoms with E-state index in [9.17, 15) is 14.0 Å². The molecular weight excluding hydrogens is 343 g/mol. The highest BCUT2D eigenvalue weighted by atomic mass is 19.1. The summed E-state index contributed by atoms with van der Waals surface area (Å²) in [5.74, 6) is 0.234. The van der Waals surface area contributed by atoms with Crippen LogP contribution in [0, 0.1) is 5.82 Å². The fourth-order valence-corrected chi connectivity index (χ4v) is 3.77. The minimum Gasteiger partial charge on any atom is -0.335 e. The first-order valence-corrected chi connectivity index (χ1v) is 9.41. The number of nitrogens with zero attached hydrogens (tertiary/aromatic N) is 1. The van der Waals surface area contributed by atoms with Crippen LogP contribution in [0.5, 0.6) is 0 Å². The fourth-order valence-electron chi connectivity index (χ4n) is 3.77. The van der Waals surface area contributed by atoms with Crippen LogP contribution in [-0.4, -0.2) is 35.7 Å². The fraction of sp³-hybridized carbons (Fsp3) is 0.364. The molecule has 4 nitrogen and oxygen atoms in total. The lowest BCUT2D eigenvalue weighted by atomic mass is 9.86. The SMILES string of the molecule is NC1(CCC=O)CN(C(=O)c2ccc(-c3cc(C4CC4)ccc3F)cc2)C1. The second-order valence-corrected chi connectivity index (χ2v) is 7.82. The maximum absolute atomic E-state index is 14.3. The van der Waals surface area contributed by atoms with Gasteiger partial charge in [-0.25, -0.2) is 4.39 Å². The number of halogens is 1. The van der Waals surface area contributed by atoms with Crippen LogP contribution in [0.3, 0.4) is 0 Å². The molecule has 0 aromatic heterocycles. The van der Waals surface area contributed by atoms with Gasteiger partial charge in [0.15, 0.2) is 0 Å². The molecule has 0 bridgehead atoms. The minimum absolute atomic E-state index is 0.0825. The van der Waals surface area contributed by atoms with Crippen LogP contribution >= 0.6 is 0 Å². The first-order chi connectivity index (χ1) is 13.0. The van der Waals surface area contributed by atoms with E-state index < -0.39 is 5.54 Å². The molecule has 1 saturated carbocycles. The van der Waals surface area contributed by atoms with Gasteiger partial charge in [-0.3, -0.25) is 4.79 Å². The Morgan fingerprint density at radius 2 is 1.89 bits per heavy atom. The number of hydrogen-bond acceptors (Lipinski definition) is 3.